The Morgan fingerprint density at radius 2 is 2.04 bits per heavy atom. The lowest BCUT2D eigenvalue weighted by Gasteiger charge is -2.20. The molecule has 2 aromatic rings. The summed E-state index contributed by atoms with van der Waals surface area (Å²) in [6, 6.07) is 12.2. The summed E-state index contributed by atoms with van der Waals surface area (Å²) in [5, 5.41) is 0. The minimum Gasteiger partial charge on any atom is -0.464 e. The average molecular weight is 311 g/mol. The number of rotatable bonds is 3. The molecule has 0 aliphatic carbocycles. The van der Waals surface area contributed by atoms with Crippen LogP contribution >= 0.6 is 0 Å². The Labute approximate surface area is 136 Å². The zero-order valence-corrected chi connectivity index (χ0v) is 13.5. The standard InChI is InChI=1S/C18H21N3O2/c1-20-9-10-21(13-15-5-3-4-6-17(15)20)12-14-7-8-16(19-11-14)18(22)23-2/h3-8,11H,9-10,12-13H2,1-2H3. The van der Waals surface area contributed by atoms with Gasteiger partial charge in [0.2, 0.25) is 0 Å². The highest BCUT2D eigenvalue weighted by Gasteiger charge is 2.17. The van der Waals surface area contributed by atoms with Crippen molar-refractivity contribution in [3.63, 3.8) is 0 Å². The quantitative estimate of drug-likeness (QED) is 0.814. The Morgan fingerprint density at radius 3 is 2.78 bits per heavy atom. The van der Waals surface area contributed by atoms with Crippen LogP contribution in [-0.2, 0) is 17.8 Å². The van der Waals surface area contributed by atoms with Crippen LogP contribution in [-0.4, -0.2) is 43.1 Å². The van der Waals surface area contributed by atoms with Gasteiger partial charge in [0.25, 0.3) is 0 Å². The van der Waals surface area contributed by atoms with Gasteiger partial charge in [0.15, 0.2) is 0 Å². The Kier molecular flexibility index (Phi) is 4.57. The summed E-state index contributed by atoms with van der Waals surface area (Å²) in [5.41, 5.74) is 4.08. The highest BCUT2D eigenvalue weighted by Crippen LogP contribution is 2.24. The van der Waals surface area contributed by atoms with E-state index in [0.29, 0.717) is 5.69 Å². The third-order valence-electron chi connectivity index (χ3n) is 4.17. The van der Waals surface area contributed by atoms with Gasteiger partial charge >= 0.3 is 5.97 Å². The molecule has 5 nitrogen and oxygen atoms in total. The average Bonchev–Trinajstić information content (AvgIpc) is 2.74. The molecule has 3 rings (SSSR count). The SMILES string of the molecule is COC(=O)c1ccc(CN2CCN(C)c3ccccc3C2)cn1. The predicted octanol–water partition coefficient (Wildman–Crippen LogP) is 2.32. The number of ether oxygens (including phenoxy) is 1. The fraction of sp³-hybridized carbons (Fsp3) is 0.333. The lowest BCUT2D eigenvalue weighted by Crippen LogP contribution is -2.29. The number of benzene rings is 1. The van der Waals surface area contributed by atoms with Crippen LogP contribution in [0.3, 0.4) is 0 Å². The molecule has 0 radical (unpaired) electrons. The van der Waals surface area contributed by atoms with Crippen LogP contribution in [0.15, 0.2) is 42.6 Å². The van der Waals surface area contributed by atoms with Gasteiger partial charge in [-0.1, -0.05) is 24.3 Å². The number of pyridine rings is 1. The van der Waals surface area contributed by atoms with Gasteiger partial charge in [0.05, 0.1) is 7.11 Å². The molecule has 1 aliphatic heterocycles. The van der Waals surface area contributed by atoms with Crippen LogP contribution in [0.25, 0.3) is 0 Å². The largest absolute Gasteiger partial charge is 0.464 e. The van der Waals surface area contributed by atoms with E-state index in [-0.39, 0.29) is 0 Å². The van der Waals surface area contributed by atoms with Crippen molar-refractivity contribution in [2.24, 2.45) is 0 Å². The van der Waals surface area contributed by atoms with Crippen LogP contribution in [0, 0.1) is 0 Å². The summed E-state index contributed by atoms with van der Waals surface area (Å²) in [6.07, 6.45) is 1.76. The van der Waals surface area contributed by atoms with Crippen LogP contribution in [0.1, 0.15) is 21.6 Å². The second kappa shape index (κ2) is 6.79. The number of nitrogens with zero attached hydrogens (tertiary/aromatic N) is 3. The molecule has 0 N–H and O–H groups in total. The number of carbonyl (C=O) groups is 1. The number of likely N-dealkylation sites (N-methyl/N-ethyl adjacent to an activating group) is 1. The molecule has 23 heavy (non-hydrogen) atoms. The lowest BCUT2D eigenvalue weighted by atomic mass is 10.1. The number of carbonyl (C=O) groups excluding carboxylic acids is 1. The number of anilines is 1. The number of aromatic nitrogens is 1. The summed E-state index contributed by atoms with van der Waals surface area (Å²) in [6.45, 7) is 3.71. The lowest BCUT2D eigenvalue weighted by molar-refractivity contribution is 0.0594. The van der Waals surface area contributed by atoms with Gasteiger partial charge in [-0.05, 0) is 23.3 Å². The number of methoxy groups -OCH3 is 1. The fourth-order valence-corrected chi connectivity index (χ4v) is 2.89. The number of para-hydroxylation sites is 1. The third-order valence-corrected chi connectivity index (χ3v) is 4.17. The first-order chi connectivity index (χ1) is 11.2. The summed E-state index contributed by atoms with van der Waals surface area (Å²) < 4.78 is 4.68. The molecule has 0 bridgehead atoms. The maximum atomic E-state index is 11.4. The van der Waals surface area contributed by atoms with Gasteiger partial charge in [-0.15, -0.1) is 0 Å². The van der Waals surface area contributed by atoms with Crippen molar-refractivity contribution in [2.45, 2.75) is 13.1 Å². The highest BCUT2D eigenvalue weighted by atomic mass is 16.5. The van der Waals surface area contributed by atoms with Gasteiger partial charge in [-0.3, -0.25) is 4.90 Å². The molecule has 120 valence electrons. The van der Waals surface area contributed by atoms with E-state index >= 15 is 0 Å². The number of hydrogen-bond acceptors (Lipinski definition) is 5. The normalized spacial score (nSPS) is 15.0. The number of esters is 1. The van der Waals surface area contributed by atoms with E-state index in [2.05, 4.69) is 50.8 Å². The highest BCUT2D eigenvalue weighted by molar-refractivity contribution is 5.86. The summed E-state index contributed by atoms with van der Waals surface area (Å²) in [7, 11) is 3.50. The minimum absolute atomic E-state index is 0.345. The van der Waals surface area contributed by atoms with Crippen molar-refractivity contribution in [3.8, 4) is 0 Å². The van der Waals surface area contributed by atoms with Crippen molar-refractivity contribution >= 4 is 11.7 Å². The van der Waals surface area contributed by atoms with Gasteiger partial charge in [0.1, 0.15) is 5.69 Å². The molecule has 5 heteroatoms. The molecule has 1 aromatic carbocycles. The van der Waals surface area contributed by atoms with E-state index in [1.807, 2.05) is 6.07 Å². The first-order valence-corrected chi connectivity index (χ1v) is 7.72. The van der Waals surface area contributed by atoms with Gasteiger partial charge in [0, 0.05) is 45.1 Å². The summed E-state index contributed by atoms with van der Waals surface area (Å²) in [5.74, 6) is -0.401. The van der Waals surface area contributed by atoms with Crippen LogP contribution in [0.5, 0.6) is 0 Å². The Morgan fingerprint density at radius 1 is 1.22 bits per heavy atom. The maximum absolute atomic E-state index is 11.4. The van der Waals surface area contributed by atoms with Crippen molar-refractivity contribution in [1.82, 2.24) is 9.88 Å². The van der Waals surface area contributed by atoms with Crippen LogP contribution < -0.4 is 4.90 Å². The smallest absolute Gasteiger partial charge is 0.356 e. The van der Waals surface area contributed by atoms with E-state index < -0.39 is 5.97 Å². The molecule has 0 saturated carbocycles. The topological polar surface area (TPSA) is 45.7 Å². The monoisotopic (exact) mass is 311 g/mol. The second-order valence-corrected chi connectivity index (χ2v) is 5.80. The summed E-state index contributed by atoms with van der Waals surface area (Å²) >= 11 is 0. The van der Waals surface area contributed by atoms with Gasteiger partial charge in [-0.25, -0.2) is 9.78 Å². The Balaban J connectivity index is 1.72. The molecular formula is C18H21N3O2. The van der Waals surface area contributed by atoms with E-state index in [4.69, 9.17) is 0 Å². The predicted molar refractivity (Wildman–Crippen MR) is 89.4 cm³/mol. The molecule has 0 amide bonds. The van der Waals surface area contributed by atoms with Crippen molar-refractivity contribution in [3.05, 3.63) is 59.4 Å². The zero-order valence-electron chi connectivity index (χ0n) is 13.5. The van der Waals surface area contributed by atoms with E-state index in [9.17, 15) is 4.79 Å². The number of hydrogen-bond donors (Lipinski definition) is 0. The van der Waals surface area contributed by atoms with E-state index in [0.717, 1.165) is 31.7 Å². The van der Waals surface area contributed by atoms with Crippen LogP contribution in [0.4, 0.5) is 5.69 Å². The summed E-state index contributed by atoms with van der Waals surface area (Å²) in [4.78, 5) is 20.3. The second-order valence-electron chi connectivity index (χ2n) is 5.80. The Bertz CT molecular complexity index is 685. The molecule has 0 unspecified atom stereocenters. The molecule has 1 aromatic heterocycles. The first-order valence-electron chi connectivity index (χ1n) is 7.72. The molecule has 0 atom stereocenters. The van der Waals surface area contributed by atoms with Crippen molar-refractivity contribution in [2.75, 3.05) is 32.1 Å². The number of fused-ring (bicyclic) bond motifs is 1. The maximum Gasteiger partial charge on any atom is 0.356 e. The van der Waals surface area contributed by atoms with E-state index in [1.165, 1.54) is 18.4 Å². The first kappa shape index (κ1) is 15.5. The van der Waals surface area contributed by atoms with E-state index in [1.54, 1.807) is 12.3 Å². The molecule has 0 spiro atoms. The minimum atomic E-state index is -0.401. The molecule has 0 fully saturated rings. The van der Waals surface area contributed by atoms with Crippen LogP contribution in [0.2, 0.25) is 0 Å². The van der Waals surface area contributed by atoms with Gasteiger partial charge in [-0.2, -0.15) is 0 Å². The Hall–Kier alpha value is -2.40. The van der Waals surface area contributed by atoms with Gasteiger partial charge < -0.3 is 9.64 Å². The third kappa shape index (κ3) is 3.51. The zero-order chi connectivity index (χ0) is 16.2. The molecule has 2 heterocycles. The molecular weight excluding hydrogens is 290 g/mol. The molecule has 1 aliphatic rings. The van der Waals surface area contributed by atoms with Crippen molar-refractivity contribution in [1.29, 1.82) is 0 Å². The fourth-order valence-electron chi connectivity index (χ4n) is 2.89. The van der Waals surface area contributed by atoms with Crippen molar-refractivity contribution < 1.29 is 9.53 Å². The molecule has 0 saturated heterocycles.